The molecular formula is C19H21ClN4O5S. The first-order chi connectivity index (χ1) is 14.2. The van der Waals surface area contributed by atoms with E-state index in [1.807, 2.05) is 6.92 Å². The van der Waals surface area contributed by atoms with Crippen LogP contribution in [0.15, 0.2) is 47.4 Å². The van der Waals surface area contributed by atoms with Gasteiger partial charge in [0.1, 0.15) is 5.02 Å². The number of nitro groups is 1. The zero-order valence-corrected chi connectivity index (χ0v) is 17.8. The Kier molecular flexibility index (Phi) is 6.71. The van der Waals surface area contributed by atoms with Gasteiger partial charge >= 0.3 is 0 Å². The molecule has 2 aromatic carbocycles. The van der Waals surface area contributed by atoms with Crippen LogP contribution in [-0.2, 0) is 10.0 Å². The first-order valence-electron chi connectivity index (χ1n) is 9.30. The van der Waals surface area contributed by atoms with Gasteiger partial charge in [-0.2, -0.15) is 4.31 Å². The van der Waals surface area contributed by atoms with Crippen LogP contribution in [-0.4, -0.2) is 61.2 Å². The van der Waals surface area contributed by atoms with Gasteiger partial charge in [-0.15, -0.1) is 0 Å². The topological polar surface area (TPSA) is 113 Å². The van der Waals surface area contributed by atoms with Crippen molar-refractivity contribution in [3.8, 4) is 0 Å². The van der Waals surface area contributed by atoms with Crippen molar-refractivity contribution in [1.29, 1.82) is 0 Å². The number of hydrogen-bond acceptors (Lipinski definition) is 6. The lowest BCUT2D eigenvalue weighted by Gasteiger charge is -2.33. The molecule has 1 aliphatic rings. The largest absolute Gasteiger partial charge is 0.322 e. The van der Waals surface area contributed by atoms with Crippen LogP contribution in [0.5, 0.6) is 0 Å². The third kappa shape index (κ3) is 4.78. The highest BCUT2D eigenvalue weighted by molar-refractivity contribution is 7.89. The quantitative estimate of drug-likeness (QED) is 0.532. The zero-order chi connectivity index (χ0) is 21.9. The molecule has 0 radical (unpaired) electrons. The van der Waals surface area contributed by atoms with Gasteiger partial charge in [0.2, 0.25) is 10.0 Å². The van der Waals surface area contributed by atoms with Crippen molar-refractivity contribution in [2.24, 2.45) is 0 Å². The molecule has 0 saturated carbocycles. The summed E-state index contributed by atoms with van der Waals surface area (Å²) < 4.78 is 27.1. The number of nitrogens with one attached hydrogen (secondary N) is 1. The molecule has 160 valence electrons. The number of anilines is 1. The lowest BCUT2D eigenvalue weighted by atomic mass is 10.2. The van der Waals surface area contributed by atoms with Gasteiger partial charge in [0.05, 0.1) is 9.82 Å². The van der Waals surface area contributed by atoms with Gasteiger partial charge in [0.25, 0.3) is 11.6 Å². The second-order valence-corrected chi connectivity index (χ2v) is 9.09. The number of benzene rings is 2. The molecule has 0 unspecified atom stereocenters. The highest BCUT2D eigenvalue weighted by Gasteiger charge is 2.28. The lowest BCUT2D eigenvalue weighted by Crippen LogP contribution is -2.48. The van der Waals surface area contributed by atoms with Crippen LogP contribution in [0.2, 0.25) is 5.02 Å². The molecule has 30 heavy (non-hydrogen) atoms. The summed E-state index contributed by atoms with van der Waals surface area (Å²) in [6.45, 7) is 5.18. The van der Waals surface area contributed by atoms with Crippen molar-refractivity contribution >= 4 is 38.9 Å². The van der Waals surface area contributed by atoms with E-state index in [0.717, 1.165) is 12.6 Å². The summed E-state index contributed by atoms with van der Waals surface area (Å²) in [5.41, 5.74) is 0.0675. The summed E-state index contributed by atoms with van der Waals surface area (Å²) in [7, 11) is -3.61. The number of carbonyl (C=O) groups excluding carboxylic acids is 1. The summed E-state index contributed by atoms with van der Waals surface area (Å²) in [6.07, 6.45) is 0. The molecule has 1 amide bonds. The summed E-state index contributed by atoms with van der Waals surface area (Å²) in [5, 5.41) is 13.5. The second-order valence-electron chi connectivity index (χ2n) is 6.74. The van der Waals surface area contributed by atoms with E-state index in [-0.39, 0.29) is 21.2 Å². The second kappa shape index (κ2) is 9.09. The first-order valence-corrected chi connectivity index (χ1v) is 11.1. The van der Waals surface area contributed by atoms with Crippen molar-refractivity contribution in [3.63, 3.8) is 0 Å². The zero-order valence-electron chi connectivity index (χ0n) is 16.2. The smallest absolute Gasteiger partial charge is 0.288 e. The SMILES string of the molecule is CCN1CCN(S(=O)(=O)c2ccc(NC(=O)c3ccc(Cl)c([N+](=O)[O-])c3)cc2)CC1. The number of halogens is 1. The Labute approximate surface area is 179 Å². The van der Waals surface area contributed by atoms with E-state index in [1.165, 1.54) is 40.7 Å². The molecule has 1 saturated heterocycles. The minimum atomic E-state index is -3.61. The molecule has 0 aliphatic carbocycles. The van der Waals surface area contributed by atoms with Gasteiger partial charge in [-0.1, -0.05) is 18.5 Å². The van der Waals surface area contributed by atoms with Gasteiger partial charge in [0, 0.05) is 43.5 Å². The molecule has 2 aromatic rings. The summed E-state index contributed by atoms with van der Waals surface area (Å²) in [4.78, 5) is 25.0. The van der Waals surface area contributed by atoms with E-state index >= 15 is 0 Å². The van der Waals surface area contributed by atoms with Crippen LogP contribution in [0.25, 0.3) is 0 Å². The Bertz CT molecular complexity index is 1050. The maximum absolute atomic E-state index is 12.8. The lowest BCUT2D eigenvalue weighted by molar-refractivity contribution is -0.384. The van der Waals surface area contributed by atoms with Crippen LogP contribution in [0.1, 0.15) is 17.3 Å². The maximum Gasteiger partial charge on any atom is 0.288 e. The van der Waals surface area contributed by atoms with E-state index < -0.39 is 20.9 Å². The fourth-order valence-electron chi connectivity index (χ4n) is 3.14. The van der Waals surface area contributed by atoms with Gasteiger partial charge in [-0.3, -0.25) is 14.9 Å². The Morgan fingerprint density at radius 1 is 1.13 bits per heavy atom. The number of nitrogens with zero attached hydrogens (tertiary/aromatic N) is 3. The number of nitro benzene ring substituents is 1. The number of hydrogen-bond donors (Lipinski definition) is 1. The highest BCUT2D eigenvalue weighted by Crippen LogP contribution is 2.26. The predicted molar refractivity (Wildman–Crippen MR) is 113 cm³/mol. The van der Waals surface area contributed by atoms with Crippen LogP contribution < -0.4 is 5.32 Å². The van der Waals surface area contributed by atoms with E-state index in [9.17, 15) is 23.3 Å². The molecule has 0 bridgehead atoms. The molecule has 1 fully saturated rings. The molecule has 1 N–H and O–H groups in total. The van der Waals surface area contributed by atoms with Crippen molar-refractivity contribution < 1.29 is 18.1 Å². The van der Waals surface area contributed by atoms with Gasteiger partial charge < -0.3 is 10.2 Å². The molecular weight excluding hydrogens is 432 g/mol. The molecule has 9 nitrogen and oxygen atoms in total. The van der Waals surface area contributed by atoms with Crippen molar-refractivity contribution in [2.45, 2.75) is 11.8 Å². The number of carbonyl (C=O) groups is 1. The fraction of sp³-hybridized carbons (Fsp3) is 0.316. The van der Waals surface area contributed by atoms with E-state index in [0.29, 0.717) is 31.9 Å². The molecule has 11 heteroatoms. The average Bonchev–Trinajstić information content (AvgIpc) is 2.74. The van der Waals surface area contributed by atoms with Crippen LogP contribution in [0.4, 0.5) is 11.4 Å². The number of likely N-dealkylation sites (N-methyl/N-ethyl adjacent to an activating group) is 1. The Morgan fingerprint density at radius 3 is 2.33 bits per heavy atom. The van der Waals surface area contributed by atoms with Gasteiger partial charge in [0.15, 0.2) is 0 Å². The summed E-state index contributed by atoms with van der Waals surface area (Å²) in [5.74, 6) is -0.568. The number of piperazine rings is 1. The molecule has 0 aromatic heterocycles. The first kappa shape index (κ1) is 22.2. The molecule has 0 atom stereocenters. The molecule has 1 aliphatic heterocycles. The van der Waals surface area contributed by atoms with Crippen LogP contribution in [0.3, 0.4) is 0 Å². The van der Waals surface area contributed by atoms with Crippen LogP contribution in [0, 0.1) is 10.1 Å². The Morgan fingerprint density at radius 2 is 1.77 bits per heavy atom. The van der Waals surface area contributed by atoms with E-state index in [4.69, 9.17) is 11.6 Å². The number of rotatable bonds is 6. The Hall–Kier alpha value is -2.53. The highest BCUT2D eigenvalue weighted by atomic mass is 35.5. The predicted octanol–water partition coefficient (Wildman–Crippen LogP) is 2.83. The van der Waals surface area contributed by atoms with Crippen LogP contribution >= 0.6 is 11.6 Å². The fourth-order valence-corrected chi connectivity index (χ4v) is 4.75. The monoisotopic (exact) mass is 452 g/mol. The van der Waals surface area contributed by atoms with Crippen molar-refractivity contribution in [2.75, 3.05) is 38.0 Å². The van der Waals surface area contributed by atoms with Crippen molar-refractivity contribution in [1.82, 2.24) is 9.21 Å². The van der Waals surface area contributed by atoms with E-state index in [2.05, 4.69) is 10.2 Å². The number of sulfonamides is 1. The standard InChI is InChI=1S/C19H21ClN4O5S/c1-2-22-9-11-23(12-10-22)30(28,29)16-6-4-15(5-7-16)21-19(25)14-3-8-17(20)18(13-14)24(26)27/h3-8,13H,2,9-12H2,1H3,(H,21,25). The van der Waals surface area contributed by atoms with Gasteiger partial charge in [-0.25, -0.2) is 8.42 Å². The molecule has 1 heterocycles. The van der Waals surface area contributed by atoms with Crippen molar-refractivity contribution in [3.05, 3.63) is 63.2 Å². The minimum Gasteiger partial charge on any atom is -0.322 e. The molecule has 0 spiro atoms. The summed E-state index contributed by atoms with van der Waals surface area (Å²) >= 11 is 5.76. The normalized spacial score (nSPS) is 15.7. The third-order valence-corrected chi connectivity index (χ3v) is 7.17. The third-order valence-electron chi connectivity index (χ3n) is 4.93. The van der Waals surface area contributed by atoms with E-state index in [1.54, 1.807) is 0 Å². The molecule has 3 rings (SSSR count). The minimum absolute atomic E-state index is 0.0640. The Balaban J connectivity index is 1.71. The maximum atomic E-state index is 12.8. The average molecular weight is 453 g/mol. The van der Waals surface area contributed by atoms with Gasteiger partial charge in [-0.05, 0) is 42.9 Å². The summed E-state index contributed by atoms with van der Waals surface area (Å²) in [6, 6.07) is 9.58. The number of amides is 1.